The quantitative estimate of drug-likeness (QED) is 0.847. The van der Waals surface area contributed by atoms with E-state index in [0.717, 1.165) is 41.4 Å². The lowest BCUT2D eigenvalue weighted by Gasteiger charge is -2.19. The minimum absolute atomic E-state index is 0.620. The summed E-state index contributed by atoms with van der Waals surface area (Å²) in [5.74, 6) is 1.68. The maximum Gasteiger partial charge on any atom is 0.161 e. The number of nitrogens with one attached hydrogen (secondary N) is 1. The van der Waals surface area contributed by atoms with Gasteiger partial charge in [-0.2, -0.15) is 0 Å². The van der Waals surface area contributed by atoms with Gasteiger partial charge in [0, 0.05) is 6.54 Å². The smallest absolute Gasteiger partial charge is 0.161 e. The van der Waals surface area contributed by atoms with E-state index in [0.29, 0.717) is 13.2 Å². The number of rotatable bonds is 4. The topological polar surface area (TPSA) is 56.5 Å². The number of aryl methyl sites for hydroxylation is 1. The van der Waals surface area contributed by atoms with Gasteiger partial charge in [0.05, 0.1) is 11.4 Å². The Hall–Kier alpha value is -2.36. The normalized spacial score (nSPS) is 13.0. The van der Waals surface area contributed by atoms with Gasteiger partial charge in [0.1, 0.15) is 13.2 Å². The molecule has 1 aliphatic rings. The molecule has 0 bridgehead atoms. The van der Waals surface area contributed by atoms with Crippen molar-refractivity contribution in [3.05, 3.63) is 47.5 Å². The van der Waals surface area contributed by atoms with E-state index < -0.39 is 0 Å². The second-order valence-electron chi connectivity index (χ2n) is 5.19. The van der Waals surface area contributed by atoms with Crippen molar-refractivity contribution in [1.82, 2.24) is 0 Å². The molecule has 21 heavy (non-hydrogen) atoms. The second kappa shape index (κ2) is 5.95. The molecule has 0 atom stereocenters. The number of nitrogens with two attached hydrogens (primary N) is 1. The zero-order valence-electron chi connectivity index (χ0n) is 12.2. The zero-order valence-corrected chi connectivity index (χ0v) is 12.2. The summed E-state index contributed by atoms with van der Waals surface area (Å²) in [7, 11) is 0. The molecule has 2 aromatic rings. The van der Waals surface area contributed by atoms with Crippen molar-refractivity contribution in [3.63, 3.8) is 0 Å². The van der Waals surface area contributed by atoms with Gasteiger partial charge in [-0.25, -0.2) is 0 Å². The first kappa shape index (κ1) is 13.6. The van der Waals surface area contributed by atoms with Crippen LogP contribution in [-0.4, -0.2) is 19.8 Å². The van der Waals surface area contributed by atoms with Crippen LogP contribution >= 0.6 is 0 Å². The molecule has 0 unspecified atom stereocenters. The van der Waals surface area contributed by atoms with Gasteiger partial charge in [-0.15, -0.1) is 0 Å². The maximum absolute atomic E-state index is 6.05. The molecule has 4 nitrogen and oxygen atoms in total. The molecular weight excluding hydrogens is 264 g/mol. The monoisotopic (exact) mass is 284 g/mol. The Balaban J connectivity index is 1.61. The molecule has 3 N–H and O–H groups in total. The minimum Gasteiger partial charge on any atom is -0.486 e. The van der Waals surface area contributed by atoms with Crippen LogP contribution in [0, 0.1) is 6.92 Å². The summed E-state index contributed by atoms with van der Waals surface area (Å²) in [6.45, 7) is 4.09. The first-order valence-corrected chi connectivity index (χ1v) is 7.21. The predicted molar refractivity (Wildman–Crippen MR) is 85.2 cm³/mol. The van der Waals surface area contributed by atoms with Gasteiger partial charge in [-0.1, -0.05) is 18.2 Å². The third kappa shape index (κ3) is 3.05. The third-order valence-electron chi connectivity index (χ3n) is 3.66. The number of para-hydroxylation sites is 1. The van der Waals surface area contributed by atoms with Crippen LogP contribution in [0.1, 0.15) is 11.1 Å². The first-order valence-electron chi connectivity index (χ1n) is 7.21. The van der Waals surface area contributed by atoms with Crippen LogP contribution in [0.15, 0.2) is 36.4 Å². The number of benzene rings is 2. The van der Waals surface area contributed by atoms with E-state index in [4.69, 9.17) is 15.2 Å². The van der Waals surface area contributed by atoms with Crippen LogP contribution in [0.3, 0.4) is 0 Å². The van der Waals surface area contributed by atoms with E-state index in [9.17, 15) is 0 Å². The van der Waals surface area contributed by atoms with E-state index in [1.54, 1.807) is 0 Å². The minimum atomic E-state index is 0.620. The highest BCUT2D eigenvalue weighted by Gasteiger charge is 2.11. The lowest BCUT2D eigenvalue weighted by molar-refractivity contribution is 0.171. The van der Waals surface area contributed by atoms with Crippen molar-refractivity contribution in [2.24, 2.45) is 0 Å². The molecule has 3 rings (SSSR count). The number of anilines is 2. The Kier molecular flexibility index (Phi) is 3.86. The van der Waals surface area contributed by atoms with Crippen LogP contribution in [0.4, 0.5) is 11.4 Å². The first-order chi connectivity index (χ1) is 10.2. The molecule has 2 aromatic carbocycles. The predicted octanol–water partition coefficient (Wildman–Crippen LogP) is 3.00. The summed E-state index contributed by atoms with van der Waals surface area (Å²) in [6, 6.07) is 12.1. The standard InChI is InChI=1S/C17H20N2O2/c1-12-3-2-4-14(17(12)18)19-8-7-13-5-6-15-16(11-13)21-10-9-20-15/h2-6,11,19H,7-10,18H2,1H3. The van der Waals surface area contributed by atoms with Gasteiger partial charge in [-0.05, 0) is 42.7 Å². The van der Waals surface area contributed by atoms with Crippen molar-refractivity contribution in [2.75, 3.05) is 30.8 Å². The summed E-state index contributed by atoms with van der Waals surface area (Å²) < 4.78 is 11.1. The van der Waals surface area contributed by atoms with E-state index in [2.05, 4.69) is 17.4 Å². The Morgan fingerprint density at radius 1 is 1.10 bits per heavy atom. The van der Waals surface area contributed by atoms with Gasteiger partial charge in [0.25, 0.3) is 0 Å². The Bertz CT molecular complexity index is 641. The fraction of sp³-hybridized carbons (Fsp3) is 0.294. The van der Waals surface area contributed by atoms with Gasteiger partial charge >= 0.3 is 0 Å². The van der Waals surface area contributed by atoms with Gasteiger partial charge in [0.2, 0.25) is 0 Å². The molecule has 0 spiro atoms. The largest absolute Gasteiger partial charge is 0.486 e. The fourth-order valence-electron chi connectivity index (χ4n) is 2.42. The third-order valence-corrected chi connectivity index (χ3v) is 3.66. The molecule has 4 heteroatoms. The summed E-state index contributed by atoms with van der Waals surface area (Å²) in [5.41, 5.74) is 10.2. The number of nitrogen functional groups attached to an aromatic ring is 1. The molecule has 0 fully saturated rings. The van der Waals surface area contributed by atoms with Crippen LogP contribution in [-0.2, 0) is 6.42 Å². The molecule has 110 valence electrons. The average molecular weight is 284 g/mol. The zero-order chi connectivity index (χ0) is 14.7. The number of hydrogen-bond donors (Lipinski definition) is 2. The molecule has 1 aliphatic heterocycles. The van der Waals surface area contributed by atoms with Crippen molar-refractivity contribution in [3.8, 4) is 11.5 Å². The SMILES string of the molecule is Cc1cccc(NCCc2ccc3c(c2)OCCO3)c1N. The summed E-state index contributed by atoms with van der Waals surface area (Å²) in [6.07, 6.45) is 0.907. The van der Waals surface area contributed by atoms with Crippen molar-refractivity contribution < 1.29 is 9.47 Å². The van der Waals surface area contributed by atoms with Crippen LogP contribution < -0.4 is 20.5 Å². The Morgan fingerprint density at radius 3 is 2.76 bits per heavy atom. The number of fused-ring (bicyclic) bond motifs is 1. The van der Waals surface area contributed by atoms with E-state index in [-0.39, 0.29) is 0 Å². The van der Waals surface area contributed by atoms with Crippen LogP contribution in [0.2, 0.25) is 0 Å². The summed E-state index contributed by atoms with van der Waals surface area (Å²) >= 11 is 0. The van der Waals surface area contributed by atoms with Gasteiger partial charge in [0.15, 0.2) is 11.5 Å². The van der Waals surface area contributed by atoms with Crippen LogP contribution in [0.25, 0.3) is 0 Å². The van der Waals surface area contributed by atoms with Crippen LogP contribution in [0.5, 0.6) is 11.5 Å². The van der Waals surface area contributed by atoms with E-state index in [1.165, 1.54) is 5.56 Å². The molecule has 0 saturated heterocycles. The Morgan fingerprint density at radius 2 is 1.90 bits per heavy atom. The molecule has 1 heterocycles. The molecule has 0 aromatic heterocycles. The van der Waals surface area contributed by atoms with Crippen molar-refractivity contribution in [1.29, 1.82) is 0 Å². The molecule has 0 radical (unpaired) electrons. The summed E-state index contributed by atoms with van der Waals surface area (Å²) in [4.78, 5) is 0. The highest BCUT2D eigenvalue weighted by Crippen LogP contribution is 2.31. The van der Waals surface area contributed by atoms with E-state index in [1.807, 2.05) is 31.2 Å². The molecule has 0 aliphatic carbocycles. The second-order valence-corrected chi connectivity index (χ2v) is 5.19. The van der Waals surface area contributed by atoms with E-state index >= 15 is 0 Å². The molecule has 0 saturated carbocycles. The van der Waals surface area contributed by atoms with Gasteiger partial charge in [-0.3, -0.25) is 0 Å². The van der Waals surface area contributed by atoms with Gasteiger partial charge < -0.3 is 20.5 Å². The summed E-state index contributed by atoms with van der Waals surface area (Å²) in [5, 5.41) is 3.39. The fourth-order valence-corrected chi connectivity index (χ4v) is 2.42. The maximum atomic E-state index is 6.05. The molecule has 0 amide bonds. The highest BCUT2D eigenvalue weighted by molar-refractivity contribution is 5.69. The highest BCUT2D eigenvalue weighted by atomic mass is 16.6. The van der Waals surface area contributed by atoms with Crippen molar-refractivity contribution in [2.45, 2.75) is 13.3 Å². The Labute approximate surface area is 124 Å². The lowest BCUT2D eigenvalue weighted by Crippen LogP contribution is -2.15. The van der Waals surface area contributed by atoms with Crippen molar-refractivity contribution >= 4 is 11.4 Å². The number of ether oxygens (including phenoxy) is 2. The molecular formula is C17H20N2O2. The lowest BCUT2D eigenvalue weighted by atomic mass is 10.1. The number of hydrogen-bond acceptors (Lipinski definition) is 4. The average Bonchev–Trinajstić information content (AvgIpc) is 2.51.